The Hall–Kier alpha value is -1.81. The smallest absolute Gasteiger partial charge is 0.314 e. The van der Waals surface area contributed by atoms with Crippen molar-refractivity contribution in [2.75, 3.05) is 20.8 Å². The molecule has 1 aliphatic rings. The van der Waals surface area contributed by atoms with E-state index in [4.69, 9.17) is 9.47 Å². The Bertz CT molecular complexity index is 484. The zero-order valence-corrected chi connectivity index (χ0v) is 12.0. The van der Waals surface area contributed by atoms with Gasteiger partial charge in [-0.1, -0.05) is 18.2 Å². The summed E-state index contributed by atoms with van der Waals surface area (Å²) >= 11 is 0. The van der Waals surface area contributed by atoms with Gasteiger partial charge in [-0.25, -0.2) is 0 Å². The topological polar surface area (TPSA) is 47.6 Å². The Morgan fingerprint density at radius 3 is 2.95 bits per heavy atom. The number of hydrogen-bond acceptors (Lipinski definition) is 4. The second-order valence-corrected chi connectivity index (χ2v) is 4.88. The lowest BCUT2D eigenvalue weighted by molar-refractivity contribution is -0.143. The van der Waals surface area contributed by atoms with Crippen LogP contribution in [0.2, 0.25) is 0 Å². The first-order valence-corrected chi connectivity index (χ1v) is 6.80. The minimum atomic E-state index is -0.333. The lowest BCUT2D eigenvalue weighted by Gasteiger charge is -2.33. The summed E-state index contributed by atoms with van der Waals surface area (Å²) in [6, 6.07) is 5.95. The molecule has 0 saturated heterocycles. The zero-order valence-electron chi connectivity index (χ0n) is 12.0. The molecule has 1 N–H and O–H groups in total. The molecule has 108 valence electrons. The maximum atomic E-state index is 12.2. The molecular weight excluding hydrogens is 254 g/mol. The van der Waals surface area contributed by atoms with Gasteiger partial charge in [0, 0.05) is 18.2 Å². The quantitative estimate of drug-likeness (QED) is 0.660. The van der Waals surface area contributed by atoms with E-state index < -0.39 is 0 Å². The van der Waals surface area contributed by atoms with Crippen LogP contribution < -0.4 is 10.1 Å². The summed E-state index contributed by atoms with van der Waals surface area (Å²) in [6.07, 6.45) is 3.62. The van der Waals surface area contributed by atoms with Crippen molar-refractivity contribution < 1.29 is 14.3 Å². The van der Waals surface area contributed by atoms with Crippen LogP contribution in [0.1, 0.15) is 23.5 Å². The van der Waals surface area contributed by atoms with Crippen LogP contribution in [0.25, 0.3) is 0 Å². The van der Waals surface area contributed by atoms with Crippen molar-refractivity contribution in [3.8, 4) is 5.75 Å². The highest BCUT2D eigenvalue weighted by Gasteiger charge is 2.37. The summed E-state index contributed by atoms with van der Waals surface area (Å²) in [7, 11) is 3.06. The number of hydrogen-bond donors (Lipinski definition) is 1. The molecule has 0 fully saturated rings. The van der Waals surface area contributed by atoms with Gasteiger partial charge in [0.05, 0.1) is 14.2 Å². The van der Waals surface area contributed by atoms with Gasteiger partial charge in [-0.2, -0.15) is 0 Å². The van der Waals surface area contributed by atoms with E-state index in [1.165, 1.54) is 7.11 Å². The van der Waals surface area contributed by atoms with Crippen molar-refractivity contribution in [3.05, 3.63) is 42.0 Å². The monoisotopic (exact) mass is 275 g/mol. The molecule has 0 spiro atoms. The molecule has 0 radical (unpaired) electrons. The number of methoxy groups -OCH3 is 2. The summed E-state index contributed by atoms with van der Waals surface area (Å²) in [5, 5.41) is 3.35. The Kier molecular flexibility index (Phi) is 4.79. The minimum absolute atomic E-state index is 0.0456. The molecule has 0 bridgehead atoms. The van der Waals surface area contributed by atoms with Gasteiger partial charge in [-0.15, -0.1) is 6.58 Å². The molecule has 2 rings (SSSR count). The van der Waals surface area contributed by atoms with Gasteiger partial charge in [0.15, 0.2) is 0 Å². The molecule has 0 aromatic heterocycles. The van der Waals surface area contributed by atoms with Crippen molar-refractivity contribution in [2.45, 2.75) is 24.8 Å². The van der Waals surface area contributed by atoms with E-state index in [2.05, 4.69) is 18.0 Å². The molecule has 2 atom stereocenters. The fourth-order valence-electron chi connectivity index (χ4n) is 2.88. The number of rotatable bonds is 5. The molecule has 1 aliphatic carbocycles. The van der Waals surface area contributed by atoms with E-state index in [9.17, 15) is 4.79 Å². The third kappa shape index (κ3) is 2.70. The molecule has 4 nitrogen and oxygen atoms in total. The Morgan fingerprint density at radius 2 is 2.30 bits per heavy atom. The van der Waals surface area contributed by atoms with Crippen LogP contribution in [0.4, 0.5) is 0 Å². The summed E-state index contributed by atoms with van der Waals surface area (Å²) < 4.78 is 10.4. The lowest BCUT2D eigenvalue weighted by Crippen LogP contribution is -2.42. The molecular formula is C16H21NO3. The number of carbonyl (C=O) groups is 1. The molecule has 0 heterocycles. The van der Waals surface area contributed by atoms with Crippen LogP contribution in [0.5, 0.6) is 5.75 Å². The zero-order chi connectivity index (χ0) is 14.5. The first-order chi connectivity index (χ1) is 9.72. The van der Waals surface area contributed by atoms with E-state index in [0.717, 1.165) is 29.7 Å². The summed E-state index contributed by atoms with van der Waals surface area (Å²) in [4.78, 5) is 12.2. The van der Waals surface area contributed by atoms with Crippen LogP contribution in [-0.4, -0.2) is 32.8 Å². The van der Waals surface area contributed by atoms with Crippen molar-refractivity contribution in [1.82, 2.24) is 5.32 Å². The van der Waals surface area contributed by atoms with Crippen molar-refractivity contribution in [1.29, 1.82) is 0 Å². The van der Waals surface area contributed by atoms with Gasteiger partial charge in [-0.3, -0.25) is 4.79 Å². The third-order valence-corrected chi connectivity index (χ3v) is 3.79. The van der Waals surface area contributed by atoms with Gasteiger partial charge in [0.25, 0.3) is 0 Å². The van der Waals surface area contributed by atoms with Crippen LogP contribution in [0, 0.1) is 0 Å². The average molecular weight is 275 g/mol. The molecule has 4 heteroatoms. The molecule has 0 amide bonds. The number of fused-ring (bicyclic) bond motifs is 1. The fourth-order valence-corrected chi connectivity index (χ4v) is 2.88. The predicted octanol–water partition coefficient (Wildman–Crippen LogP) is 2.04. The van der Waals surface area contributed by atoms with Gasteiger partial charge >= 0.3 is 5.97 Å². The van der Waals surface area contributed by atoms with Crippen molar-refractivity contribution >= 4 is 5.97 Å². The lowest BCUT2D eigenvalue weighted by atomic mass is 9.78. The Morgan fingerprint density at radius 1 is 1.50 bits per heavy atom. The number of nitrogens with one attached hydrogen (secondary N) is 1. The maximum absolute atomic E-state index is 12.2. The molecule has 1 aromatic rings. The Balaban J connectivity index is 2.43. The standard InChI is InChI=1S/C16H21NO3/c1-4-10-17-12-9-8-11-6-5-7-13(19-2)14(11)15(12)16(18)20-3/h4-7,12,15,17H,1,8-10H2,2-3H3/t12-,15+/m0/s1. The number of carbonyl (C=O) groups excluding carboxylic acids is 1. The maximum Gasteiger partial charge on any atom is 0.314 e. The van der Waals surface area contributed by atoms with Crippen molar-refractivity contribution in [3.63, 3.8) is 0 Å². The fraction of sp³-hybridized carbons (Fsp3) is 0.438. The highest BCUT2D eigenvalue weighted by molar-refractivity contribution is 5.81. The second-order valence-electron chi connectivity index (χ2n) is 4.88. The molecule has 0 saturated carbocycles. The summed E-state index contributed by atoms with van der Waals surface area (Å²) in [5.41, 5.74) is 2.12. The molecule has 0 unspecified atom stereocenters. The van der Waals surface area contributed by atoms with E-state index in [-0.39, 0.29) is 17.9 Å². The van der Waals surface area contributed by atoms with Crippen LogP contribution >= 0.6 is 0 Å². The van der Waals surface area contributed by atoms with Crippen LogP contribution in [-0.2, 0) is 16.0 Å². The summed E-state index contributed by atoms with van der Waals surface area (Å²) in [5.74, 6) is 0.194. The number of ether oxygens (including phenoxy) is 2. The Labute approximate surface area is 119 Å². The first kappa shape index (κ1) is 14.6. The number of benzene rings is 1. The number of esters is 1. The van der Waals surface area contributed by atoms with Crippen LogP contribution in [0.15, 0.2) is 30.9 Å². The second kappa shape index (κ2) is 6.57. The third-order valence-electron chi connectivity index (χ3n) is 3.79. The first-order valence-electron chi connectivity index (χ1n) is 6.80. The van der Waals surface area contributed by atoms with Crippen molar-refractivity contribution in [2.24, 2.45) is 0 Å². The van der Waals surface area contributed by atoms with E-state index >= 15 is 0 Å². The molecule has 1 aromatic carbocycles. The highest BCUT2D eigenvalue weighted by Crippen LogP contribution is 2.38. The summed E-state index contributed by atoms with van der Waals surface area (Å²) in [6.45, 7) is 4.38. The normalized spacial score (nSPS) is 20.9. The van der Waals surface area contributed by atoms with E-state index in [1.54, 1.807) is 13.2 Å². The molecule has 20 heavy (non-hydrogen) atoms. The minimum Gasteiger partial charge on any atom is -0.496 e. The average Bonchev–Trinajstić information content (AvgIpc) is 2.50. The van der Waals surface area contributed by atoms with E-state index in [1.807, 2.05) is 12.1 Å². The highest BCUT2D eigenvalue weighted by atomic mass is 16.5. The molecule has 0 aliphatic heterocycles. The van der Waals surface area contributed by atoms with Gasteiger partial charge in [0.2, 0.25) is 0 Å². The number of aryl methyl sites for hydroxylation is 1. The predicted molar refractivity (Wildman–Crippen MR) is 78.1 cm³/mol. The van der Waals surface area contributed by atoms with Gasteiger partial charge in [-0.05, 0) is 24.5 Å². The van der Waals surface area contributed by atoms with Crippen LogP contribution in [0.3, 0.4) is 0 Å². The largest absolute Gasteiger partial charge is 0.496 e. The SMILES string of the molecule is C=CCN[C@H]1CCc2cccc(OC)c2[C@@H]1C(=O)OC. The van der Waals surface area contributed by atoms with Gasteiger partial charge in [0.1, 0.15) is 11.7 Å². The van der Waals surface area contributed by atoms with E-state index in [0.29, 0.717) is 6.54 Å². The van der Waals surface area contributed by atoms with Gasteiger partial charge < -0.3 is 14.8 Å².